The van der Waals surface area contributed by atoms with E-state index in [4.69, 9.17) is 10.1 Å². The highest BCUT2D eigenvalue weighted by molar-refractivity contribution is 5.76. The maximum Gasteiger partial charge on any atom is 0.220 e. The lowest BCUT2D eigenvalue weighted by molar-refractivity contribution is -0.121. The van der Waals surface area contributed by atoms with Gasteiger partial charge in [-0.1, -0.05) is 13.0 Å². The van der Waals surface area contributed by atoms with Crippen LogP contribution in [-0.2, 0) is 17.8 Å². The van der Waals surface area contributed by atoms with Crippen LogP contribution in [0.3, 0.4) is 0 Å². The molecule has 4 heterocycles. The Morgan fingerprint density at radius 1 is 1.32 bits per heavy atom. The summed E-state index contributed by atoms with van der Waals surface area (Å²) >= 11 is 0. The molecule has 1 amide bonds. The standard InChI is InChI=1S/C24H32N6O/c1-4-11-26-24(31)10-9-20-17(2)27-23-14-21(28-30(23)18(20)3)22-8-6-13-29(22)16-19-7-5-12-25-15-19/h5,7,12,14-15,22H,4,6,8-11,13,16H2,1-3H3,(H,26,31)/t22-/m0/s1. The van der Waals surface area contributed by atoms with Crippen molar-refractivity contribution in [3.63, 3.8) is 0 Å². The zero-order valence-corrected chi connectivity index (χ0v) is 18.8. The summed E-state index contributed by atoms with van der Waals surface area (Å²) in [5, 5.41) is 7.91. The number of likely N-dealkylation sites (tertiary alicyclic amines) is 1. The fraction of sp³-hybridized carbons (Fsp3) is 0.500. The minimum atomic E-state index is 0.0962. The molecule has 164 valence electrons. The van der Waals surface area contributed by atoms with Gasteiger partial charge < -0.3 is 5.32 Å². The second-order valence-electron chi connectivity index (χ2n) is 8.44. The first kappa shape index (κ1) is 21.4. The Kier molecular flexibility index (Phi) is 6.61. The van der Waals surface area contributed by atoms with Crippen molar-refractivity contribution in [3.05, 3.63) is 58.8 Å². The molecule has 1 atom stereocenters. The third-order valence-corrected chi connectivity index (χ3v) is 6.17. The van der Waals surface area contributed by atoms with Crippen LogP contribution in [0.25, 0.3) is 5.65 Å². The van der Waals surface area contributed by atoms with E-state index in [0.29, 0.717) is 18.9 Å². The Morgan fingerprint density at radius 3 is 2.97 bits per heavy atom. The smallest absolute Gasteiger partial charge is 0.220 e. The third kappa shape index (κ3) is 4.77. The van der Waals surface area contributed by atoms with Crippen LogP contribution < -0.4 is 5.32 Å². The number of amides is 1. The number of fused-ring (bicyclic) bond motifs is 1. The van der Waals surface area contributed by atoms with E-state index < -0.39 is 0 Å². The molecule has 7 heteroatoms. The first-order chi connectivity index (χ1) is 15.1. The van der Waals surface area contributed by atoms with Gasteiger partial charge in [0.1, 0.15) is 0 Å². The zero-order chi connectivity index (χ0) is 21.8. The molecular formula is C24H32N6O. The van der Waals surface area contributed by atoms with Crippen molar-refractivity contribution in [1.82, 2.24) is 29.8 Å². The first-order valence-electron chi connectivity index (χ1n) is 11.3. The van der Waals surface area contributed by atoms with Crippen molar-refractivity contribution in [3.8, 4) is 0 Å². The predicted octanol–water partition coefficient (Wildman–Crippen LogP) is 3.54. The second-order valence-corrected chi connectivity index (χ2v) is 8.44. The molecule has 0 aromatic carbocycles. The number of pyridine rings is 1. The minimum Gasteiger partial charge on any atom is -0.356 e. The average molecular weight is 421 g/mol. The molecule has 1 aliphatic rings. The Labute approximate surface area is 183 Å². The summed E-state index contributed by atoms with van der Waals surface area (Å²) in [5.74, 6) is 0.0962. The van der Waals surface area contributed by atoms with Crippen LogP contribution in [0.5, 0.6) is 0 Å². The summed E-state index contributed by atoms with van der Waals surface area (Å²) in [6, 6.07) is 6.55. The fourth-order valence-corrected chi connectivity index (χ4v) is 4.54. The Morgan fingerprint density at radius 2 is 2.19 bits per heavy atom. The average Bonchev–Trinajstić information content (AvgIpc) is 3.39. The van der Waals surface area contributed by atoms with Gasteiger partial charge in [0.25, 0.3) is 0 Å². The summed E-state index contributed by atoms with van der Waals surface area (Å²) < 4.78 is 1.96. The van der Waals surface area contributed by atoms with Gasteiger partial charge in [-0.15, -0.1) is 0 Å². The van der Waals surface area contributed by atoms with E-state index in [0.717, 1.165) is 60.8 Å². The van der Waals surface area contributed by atoms with Crippen molar-refractivity contribution in [1.29, 1.82) is 0 Å². The van der Waals surface area contributed by atoms with Crippen LogP contribution in [0.4, 0.5) is 0 Å². The highest BCUT2D eigenvalue weighted by atomic mass is 16.1. The lowest BCUT2D eigenvalue weighted by Crippen LogP contribution is -2.24. The van der Waals surface area contributed by atoms with Crippen LogP contribution in [0, 0.1) is 13.8 Å². The topological polar surface area (TPSA) is 75.4 Å². The number of carbonyl (C=O) groups excluding carboxylic acids is 1. The van der Waals surface area contributed by atoms with E-state index in [1.807, 2.05) is 29.9 Å². The van der Waals surface area contributed by atoms with Gasteiger partial charge in [0.2, 0.25) is 5.91 Å². The number of hydrogen-bond donors (Lipinski definition) is 1. The Hall–Kier alpha value is -2.80. The highest BCUT2D eigenvalue weighted by Crippen LogP contribution is 2.33. The minimum absolute atomic E-state index is 0.0962. The van der Waals surface area contributed by atoms with Crippen LogP contribution in [0.15, 0.2) is 30.6 Å². The number of carbonyl (C=O) groups is 1. The molecule has 0 radical (unpaired) electrons. The van der Waals surface area contributed by atoms with E-state index in [1.165, 1.54) is 12.0 Å². The Bertz CT molecular complexity index is 1050. The molecule has 0 aliphatic carbocycles. The number of rotatable bonds is 8. The number of hydrogen-bond acceptors (Lipinski definition) is 5. The second kappa shape index (κ2) is 9.56. The van der Waals surface area contributed by atoms with Gasteiger partial charge in [-0.2, -0.15) is 5.10 Å². The molecule has 3 aromatic rings. The molecular weight excluding hydrogens is 388 g/mol. The molecule has 1 saturated heterocycles. The van der Waals surface area contributed by atoms with Gasteiger partial charge in [-0.05, 0) is 63.3 Å². The first-order valence-corrected chi connectivity index (χ1v) is 11.3. The van der Waals surface area contributed by atoms with Gasteiger partial charge in [0.15, 0.2) is 5.65 Å². The van der Waals surface area contributed by atoms with Gasteiger partial charge in [0, 0.05) is 49.4 Å². The van der Waals surface area contributed by atoms with Gasteiger partial charge in [-0.3, -0.25) is 14.7 Å². The number of nitrogens with zero attached hydrogens (tertiary/aromatic N) is 5. The summed E-state index contributed by atoms with van der Waals surface area (Å²) in [6.07, 6.45) is 8.14. The van der Waals surface area contributed by atoms with Gasteiger partial charge in [0.05, 0.1) is 11.7 Å². The van der Waals surface area contributed by atoms with Gasteiger partial charge >= 0.3 is 0 Å². The van der Waals surface area contributed by atoms with Crippen molar-refractivity contribution < 1.29 is 4.79 Å². The molecule has 1 fully saturated rings. The summed E-state index contributed by atoms with van der Waals surface area (Å²) in [4.78, 5) is 23.6. The SMILES string of the molecule is CCCNC(=O)CCc1c(C)nc2cc([C@@H]3CCCN3Cc3cccnc3)nn2c1C. The van der Waals surface area contributed by atoms with E-state index in [2.05, 4.69) is 41.2 Å². The lowest BCUT2D eigenvalue weighted by Gasteiger charge is -2.22. The van der Waals surface area contributed by atoms with Crippen molar-refractivity contribution in [2.75, 3.05) is 13.1 Å². The van der Waals surface area contributed by atoms with Crippen molar-refractivity contribution >= 4 is 11.6 Å². The summed E-state index contributed by atoms with van der Waals surface area (Å²) in [6.45, 7) is 8.85. The third-order valence-electron chi connectivity index (χ3n) is 6.17. The van der Waals surface area contributed by atoms with Crippen LogP contribution in [0.2, 0.25) is 0 Å². The summed E-state index contributed by atoms with van der Waals surface area (Å²) in [5.41, 5.74) is 6.37. The largest absolute Gasteiger partial charge is 0.356 e. The molecule has 0 saturated carbocycles. The quantitative estimate of drug-likeness (QED) is 0.603. The van der Waals surface area contributed by atoms with Gasteiger partial charge in [-0.25, -0.2) is 9.50 Å². The molecule has 31 heavy (non-hydrogen) atoms. The molecule has 7 nitrogen and oxygen atoms in total. The van der Waals surface area contributed by atoms with Crippen molar-refractivity contribution in [2.45, 2.75) is 65.5 Å². The molecule has 1 N–H and O–H groups in total. The summed E-state index contributed by atoms with van der Waals surface area (Å²) in [7, 11) is 0. The molecule has 3 aromatic heterocycles. The van der Waals surface area contributed by atoms with Crippen LogP contribution >= 0.6 is 0 Å². The maximum atomic E-state index is 12.1. The zero-order valence-electron chi connectivity index (χ0n) is 18.8. The Balaban J connectivity index is 1.55. The lowest BCUT2D eigenvalue weighted by atomic mass is 10.1. The number of nitrogens with one attached hydrogen (secondary N) is 1. The van der Waals surface area contributed by atoms with E-state index in [9.17, 15) is 4.79 Å². The molecule has 1 aliphatic heterocycles. The highest BCUT2D eigenvalue weighted by Gasteiger charge is 2.29. The number of aryl methyl sites for hydroxylation is 2. The van der Waals surface area contributed by atoms with Crippen LogP contribution in [0.1, 0.15) is 66.9 Å². The maximum absolute atomic E-state index is 12.1. The van der Waals surface area contributed by atoms with Crippen LogP contribution in [-0.4, -0.2) is 43.5 Å². The van der Waals surface area contributed by atoms with E-state index >= 15 is 0 Å². The fourth-order valence-electron chi connectivity index (χ4n) is 4.54. The molecule has 0 unspecified atom stereocenters. The predicted molar refractivity (Wildman–Crippen MR) is 121 cm³/mol. The van der Waals surface area contributed by atoms with E-state index in [1.54, 1.807) is 0 Å². The molecule has 4 rings (SSSR count). The van der Waals surface area contributed by atoms with Crippen molar-refractivity contribution in [2.24, 2.45) is 0 Å². The normalized spacial score (nSPS) is 16.8. The van der Waals surface area contributed by atoms with E-state index in [-0.39, 0.29) is 5.91 Å². The molecule has 0 bridgehead atoms. The molecule has 0 spiro atoms. The monoisotopic (exact) mass is 420 g/mol. The number of aromatic nitrogens is 4.